The monoisotopic (exact) mass is 333 g/mol. The van der Waals surface area contributed by atoms with Crippen LogP contribution >= 0.6 is 11.6 Å². The molecule has 1 amide bonds. The Morgan fingerprint density at radius 1 is 1.13 bits per heavy atom. The van der Waals surface area contributed by atoms with E-state index in [0.717, 1.165) is 0 Å². The highest BCUT2D eigenvalue weighted by molar-refractivity contribution is 6.30. The molecule has 23 heavy (non-hydrogen) atoms. The number of halogens is 1. The zero-order valence-corrected chi connectivity index (χ0v) is 13.5. The van der Waals surface area contributed by atoms with E-state index in [0.29, 0.717) is 28.0 Å². The predicted molar refractivity (Wildman–Crippen MR) is 87.4 cm³/mol. The Labute approximate surface area is 139 Å². The minimum atomic E-state index is -1.05. The minimum absolute atomic E-state index is 0.192. The molecule has 1 heterocycles. The van der Waals surface area contributed by atoms with Crippen molar-refractivity contribution in [2.24, 2.45) is 0 Å². The summed E-state index contributed by atoms with van der Waals surface area (Å²) in [5.74, 6) is 1.57. The second-order valence-corrected chi connectivity index (χ2v) is 6.02. The molecule has 0 spiro atoms. The molecule has 0 saturated carbocycles. The van der Waals surface area contributed by atoms with E-state index in [1.807, 2.05) is 0 Å². The van der Waals surface area contributed by atoms with Gasteiger partial charge in [-0.15, -0.1) is 0 Å². The summed E-state index contributed by atoms with van der Waals surface area (Å²) in [6.45, 7) is 3.59. The zero-order valence-electron chi connectivity index (χ0n) is 12.8. The first-order chi connectivity index (χ1) is 10.9. The third-order valence-electron chi connectivity index (χ3n) is 3.36. The fraction of sp³-hybridized carbons (Fsp3) is 0.235. The van der Waals surface area contributed by atoms with Gasteiger partial charge in [0.2, 0.25) is 6.79 Å². The van der Waals surface area contributed by atoms with E-state index in [1.54, 1.807) is 56.3 Å². The van der Waals surface area contributed by atoms with Gasteiger partial charge < -0.3 is 19.5 Å². The first-order valence-electron chi connectivity index (χ1n) is 7.10. The van der Waals surface area contributed by atoms with Crippen molar-refractivity contribution >= 4 is 23.2 Å². The molecule has 0 saturated heterocycles. The second-order valence-electron chi connectivity index (χ2n) is 5.59. The maximum atomic E-state index is 12.5. The van der Waals surface area contributed by atoms with E-state index < -0.39 is 5.60 Å². The van der Waals surface area contributed by atoms with Gasteiger partial charge in [0.25, 0.3) is 5.91 Å². The lowest BCUT2D eigenvalue weighted by atomic mass is 10.1. The number of amides is 1. The Morgan fingerprint density at radius 3 is 2.57 bits per heavy atom. The molecule has 1 aliphatic heterocycles. The Bertz CT molecular complexity index is 728. The number of hydrogen-bond donors (Lipinski definition) is 1. The molecule has 0 aliphatic carbocycles. The number of nitrogens with one attached hydrogen (secondary N) is 1. The van der Waals surface area contributed by atoms with E-state index in [2.05, 4.69) is 5.32 Å². The summed E-state index contributed by atoms with van der Waals surface area (Å²) in [6, 6.07) is 12.1. The molecular weight excluding hydrogens is 318 g/mol. The number of ether oxygens (including phenoxy) is 3. The normalized spacial score (nSPS) is 12.8. The van der Waals surface area contributed by atoms with Gasteiger partial charge in [-0.1, -0.05) is 11.6 Å². The Morgan fingerprint density at radius 2 is 1.83 bits per heavy atom. The van der Waals surface area contributed by atoms with Crippen molar-refractivity contribution < 1.29 is 19.0 Å². The third-order valence-corrected chi connectivity index (χ3v) is 3.62. The van der Waals surface area contributed by atoms with E-state index >= 15 is 0 Å². The summed E-state index contributed by atoms with van der Waals surface area (Å²) in [7, 11) is 0. The van der Waals surface area contributed by atoms with Gasteiger partial charge in [0.05, 0.1) is 0 Å². The third kappa shape index (κ3) is 3.51. The lowest BCUT2D eigenvalue weighted by molar-refractivity contribution is -0.128. The number of anilines is 1. The van der Waals surface area contributed by atoms with Gasteiger partial charge in [-0.25, -0.2) is 0 Å². The fourth-order valence-electron chi connectivity index (χ4n) is 2.10. The van der Waals surface area contributed by atoms with Gasteiger partial charge in [0, 0.05) is 16.8 Å². The maximum Gasteiger partial charge on any atom is 0.267 e. The van der Waals surface area contributed by atoms with Crippen LogP contribution in [0.2, 0.25) is 5.02 Å². The molecule has 3 rings (SSSR count). The first-order valence-corrected chi connectivity index (χ1v) is 7.47. The van der Waals surface area contributed by atoms with Crippen molar-refractivity contribution in [3.05, 3.63) is 47.5 Å². The fourth-order valence-corrected chi connectivity index (χ4v) is 2.23. The van der Waals surface area contributed by atoms with Crippen molar-refractivity contribution in [1.29, 1.82) is 0 Å². The maximum absolute atomic E-state index is 12.5. The topological polar surface area (TPSA) is 56.8 Å². The summed E-state index contributed by atoms with van der Waals surface area (Å²) < 4.78 is 16.3. The molecule has 0 atom stereocenters. The van der Waals surface area contributed by atoms with Crippen LogP contribution in [-0.2, 0) is 4.79 Å². The lowest BCUT2D eigenvalue weighted by Gasteiger charge is -2.25. The van der Waals surface area contributed by atoms with Gasteiger partial charge in [-0.05, 0) is 50.2 Å². The summed E-state index contributed by atoms with van der Waals surface area (Å²) in [5, 5.41) is 3.43. The van der Waals surface area contributed by atoms with Gasteiger partial charge in [-0.2, -0.15) is 0 Å². The van der Waals surface area contributed by atoms with Crippen LogP contribution in [0.5, 0.6) is 17.2 Å². The first kappa shape index (κ1) is 15.5. The summed E-state index contributed by atoms with van der Waals surface area (Å²) >= 11 is 5.84. The molecule has 1 aliphatic rings. The van der Waals surface area contributed by atoms with E-state index in [4.69, 9.17) is 25.8 Å². The van der Waals surface area contributed by atoms with E-state index in [-0.39, 0.29) is 12.7 Å². The molecule has 0 bridgehead atoms. The number of carbonyl (C=O) groups is 1. The molecule has 0 fully saturated rings. The standard InChI is InChI=1S/C17H16ClNO4/c1-17(2,23-13-6-3-11(18)4-7-13)16(20)19-12-5-8-14-15(9-12)22-10-21-14/h3-9H,10H2,1-2H3,(H,19,20). The molecule has 2 aromatic rings. The molecule has 5 nitrogen and oxygen atoms in total. The molecule has 120 valence electrons. The molecular formula is C17H16ClNO4. The minimum Gasteiger partial charge on any atom is -0.478 e. The zero-order chi connectivity index (χ0) is 16.4. The van der Waals surface area contributed by atoms with Gasteiger partial charge in [0.15, 0.2) is 17.1 Å². The molecule has 0 radical (unpaired) electrons. The van der Waals surface area contributed by atoms with Crippen LogP contribution in [0.4, 0.5) is 5.69 Å². The summed E-state index contributed by atoms with van der Waals surface area (Å²) in [5.41, 5.74) is -0.434. The number of benzene rings is 2. The van der Waals surface area contributed by atoms with Crippen LogP contribution in [0.1, 0.15) is 13.8 Å². The SMILES string of the molecule is CC(C)(Oc1ccc(Cl)cc1)C(=O)Nc1ccc2c(c1)OCO2. The average molecular weight is 334 g/mol. The summed E-state index contributed by atoms with van der Waals surface area (Å²) in [6.07, 6.45) is 0. The van der Waals surface area contributed by atoms with Crippen LogP contribution in [0.3, 0.4) is 0 Å². The lowest BCUT2D eigenvalue weighted by Crippen LogP contribution is -2.42. The largest absolute Gasteiger partial charge is 0.478 e. The van der Waals surface area contributed by atoms with Crippen molar-refractivity contribution in [3.63, 3.8) is 0 Å². The Balaban J connectivity index is 1.69. The Kier molecular flexibility index (Phi) is 4.05. The smallest absolute Gasteiger partial charge is 0.267 e. The highest BCUT2D eigenvalue weighted by atomic mass is 35.5. The average Bonchev–Trinajstić information content (AvgIpc) is 2.97. The number of rotatable bonds is 4. The van der Waals surface area contributed by atoms with Crippen molar-refractivity contribution in [2.75, 3.05) is 12.1 Å². The summed E-state index contributed by atoms with van der Waals surface area (Å²) in [4.78, 5) is 12.5. The molecule has 6 heteroatoms. The van der Waals surface area contributed by atoms with Crippen molar-refractivity contribution in [2.45, 2.75) is 19.4 Å². The molecule has 0 unspecified atom stereocenters. The second kappa shape index (κ2) is 6.01. The predicted octanol–water partition coefficient (Wildman–Crippen LogP) is 3.86. The van der Waals surface area contributed by atoms with Crippen LogP contribution in [-0.4, -0.2) is 18.3 Å². The van der Waals surface area contributed by atoms with Crippen LogP contribution in [0.15, 0.2) is 42.5 Å². The number of carbonyl (C=O) groups excluding carboxylic acids is 1. The molecule has 0 aromatic heterocycles. The van der Waals surface area contributed by atoms with Gasteiger partial charge >= 0.3 is 0 Å². The number of fused-ring (bicyclic) bond motifs is 1. The highest BCUT2D eigenvalue weighted by Gasteiger charge is 2.30. The van der Waals surface area contributed by atoms with Crippen molar-refractivity contribution in [1.82, 2.24) is 0 Å². The quantitative estimate of drug-likeness (QED) is 0.923. The van der Waals surface area contributed by atoms with Crippen molar-refractivity contribution in [3.8, 4) is 17.2 Å². The highest BCUT2D eigenvalue weighted by Crippen LogP contribution is 2.34. The van der Waals surface area contributed by atoms with Crippen LogP contribution in [0, 0.1) is 0 Å². The number of hydrogen-bond acceptors (Lipinski definition) is 4. The van der Waals surface area contributed by atoms with E-state index in [9.17, 15) is 4.79 Å². The molecule has 1 N–H and O–H groups in total. The van der Waals surface area contributed by atoms with E-state index in [1.165, 1.54) is 0 Å². The Hall–Kier alpha value is -2.40. The van der Waals surface area contributed by atoms with Gasteiger partial charge in [0.1, 0.15) is 5.75 Å². The van der Waals surface area contributed by atoms with Crippen LogP contribution in [0.25, 0.3) is 0 Å². The van der Waals surface area contributed by atoms with Gasteiger partial charge in [-0.3, -0.25) is 4.79 Å². The molecule has 2 aromatic carbocycles. The van der Waals surface area contributed by atoms with Crippen LogP contribution < -0.4 is 19.5 Å².